The molecule has 1 N–H and O–H groups in total. The van der Waals surface area contributed by atoms with Crippen LogP contribution >= 0.6 is 11.8 Å². The summed E-state index contributed by atoms with van der Waals surface area (Å²) in [4.78, 5) is 26.2. The van der Waals surface area contributed by atoms with Crippen LogP contribution in [-0.4, -0.2) is 58.7 Å². The number of H-pyrrole nitrogens is 1. The number of aliphatic imine (C=N–C) groups is 1. The van der Waals surface area contributed by atoms with Gasteiger partial charge in [0, 0.05) is 42.2 Å². The molecular formula is C25H32N4OS. The summed E-state index contributed by atoms with van der Waals surface area (Å²) in [6.45, 7) is 5.69. The molecule has 5 rings (SSSR count). The van der Waals surface area contributed by atoms with Crippen molar-refractivity contribution in [1.82, 2.24) is 14.8 Å². The first-order chi connectivity index (χ1) is 15.3. The maximum atomic E-state index is 11.8. The minimum atomic E-state index is -0.0530. The lowest BCUT2D eigenvalue weighted by Gasteiger charge is -2.41. The molecule has 0 spiro atoms. The highest BCUT2D eigenvalue weighted by Gasteiger charge is 2.27. The lowest BCUT2D eigenvalue weighted by atomic mass is 10.0. The average molecular weight is 437 g/mol. The molecular weight excluding hydrogens is 404 g/mol. The number of likely N-dealkylation sites (tertiary alicyclic amines) is 2. The predicted octanol–water partition coefficient (Wildman–Crippen LogP) is 4.70. The number of nitrogens with zero attached hydrogens (tertiary/aromatic N) is 3. The Morgan fingerprint density at radius 1 is 0.968 bits per heavy atom. The summed E-state index contributed by atoms with van der Waals surface area (Å²) in [7, 11) is 0. The number of aromatic amines is 1. The van der Waals surface area contributed by atoms with Crippen LogP contribution in [0.25, 0.3) is 15.8 Å². The van der Waals surface area contributed by atoms with Crippen LogP contribution in [0, 0.1) is 0 Å². The molecule has 3 aliphatic rings. The van der Waals surface area contributed by atoms with Gasteiger partial charge in [0.25, 0.3) is 0 Å². The summed E-state index contributed by atoms with van der Waals surface area (Å²) >= 11 is 1.81. The first-order valence-electron chi connectivity index (χ1n) is 11.8. The Hall–Kier alpha value is -2.05. The minimum Gasteiger partial charge on any atom is -0.351 e. The van der Waals surface area contributed by atoms with Gasteiger partial charge in [-0.15, -0.1) is 0 Å². The molecule has 31 heavy (non-hydrogen) atoms. The van der Waals surface area contributed by atoms with Crippen LogP contribution in [0.15, 0.2) is 46.2 Å². The zero-order valence-electron chi connectivity index (χ0n) is 18.2. The summed E-state index contributed by atoms with van der Waals surface area (Å²) in [5.74, 6) is 0. The third-order valence-corrected chi connectivity index (χ3v) is 7.98. The van der Waals surface area contributed by atoms with Gasteiger partial charge in [-0.25, -0.2) is 0 Å². The van der Waals surface area contributed by atoms with Gasteiger partial charge in [0.05, 0.1) is 0 Å². The van der Waals surface area contributed by atoms with E-state index in [2.05, 4.69) is 39.1 Å². The number of amidine groups is 1. The predicted molar refractivity (Wildman–Crippen MR) is 132 cm³/mol. The van der Waals surface area contributed by atoms with Gasteiger partial charge in [-0.1, -0.05) is 36.4 Å². The molecule has 0 atom stereocenters. The second-order valence-corrected chi connectivity index (χ2v) is 9.93. The van der Waals surface area contributed by atoms with Crippen LogP contribution in [0.3, 0.4) is 0 Å². The fraction of sp³-hybridized carbons (Fsp3) is 0.520. The van der Waals surface area contributed by atoms with Crippen LogP contribution in [0.2, 0.25) is 0 Å². The Morgan fingerprint density at radius 3 is 2.61 bits per heavy atom. The number of hydrogen-bond donors (Lipinski definition) is 1. The number of fused-ring (bicyclic) bond motifs is 1. The molecule has 0 saturated carbocycles. The van der Waals surface area contributed by atoms with Gasteiger partial charge in [0.2, 0.25) is 5.56 Å². The van der Waals surface area contributed by atoms with Gasteiger partial charge >= 0.3 is 0 Å². The average Bonchev–Trinajstić information content (AvgIpc) is 2.79. The van der Waals surface area contributed by atoms with Crippen LogP contribution in [0.4, 0.5) is 0 Å². The van der Waals surface area contributed by atoms with Crippen LogP contribution in [-0.2, 0) is 0 Å². The maximum absolute atomic E-state index is 11.8. The second-order valence-electron chi connectivity index (χ2n) is 8.92. The summed E-state index contributed by atoms with van der Waals surface area (Å²) in [6, 6.07) is 10.6. The van der Waals surface area contributed by atoms with Gasteiger partial charge in [0.15, 0.2) is 5.17 Å². The highest BCUT2D eigenvalue weighted by molar-refractivity contribution is 8.21. The van der Waals surface area contributed by atoms with Crippen molar-refractivity contribution in [2.75, 3.05) is 32.7 Å². The van der Waals surface area contributed by atoms with Crippen molar-refractivity contribution in [2.24, 2.45) is 4.99 Å². The first-order valence-corrected chi connectivity index (χ1v) is 12.6. The van der Waals surface area contributed by atoms with Gasteiger partial charge in [-0.2, -0.15) is 0 Å². The van der Waals surface area contributed by atoms with Crippen molar-refractivity contribution >= 4 is 32.7 Å². The summed E-state index contributed by atoms with van der Waals surface area (Å²) in [5, 5.41) is 2.23. The number of allylic oxidation sites excluding steroid dienone is 1. The summed E-state index contributed by atoms with van der Waals surface area (Å²) < 4.78 is 0. The molecule has 164 valence electrons. The van der Waals surface area contributed by atoms with E-state index in [4.69, 9.17) is 4.99 Å². The van der Waals surface area contributed by atoms with Gasteiger partial charge in [-0.3, -0.25) is 9.79 Å². The molecule has 2 saturated heterocycles. The fourth-order valence-electron chi connectivity index (χ4n) is 5.02. The highest BCUT2D eigenvalue weighted by Crippen LogP contribution is 2.34. The highest BCUT2D eigenvalue weighted by atomic mass is 32.2. The number of thioether (sulfide) groups is 1. The van der Waals surface area contributed by atoms with E-state index in [9.17, 15) is 4.79 Å². The van der Waals surface area contributed by atoms with E-state index in [0.717, 1.165) is 55.0 Å². The lowest BCUT2D eigenvalue weighted by molar-refractivity contribution is 0.115. The standard InChI is InChI=1S/C25H32N4OS/c30-24-10-9-19-7-8-20(18-22(19)27-24)23-6-2-3-13-26-25(31-23)29-16-11-21(12-17-29)28-14-4-1-5-15-28/h6-10,18,21H,1-5,11-17H2,(H,27,30). The smallest absolute Gasteiger partial charge is 0.248 e. The molecule has 2 aromatic rings. The van der Waals surface area contributed by atoms with Crippen molar-refractivity contribution in [3.8, 4) is 0 Å². The van der Waals surface area contributed by atoms with Crippen LogP contribution < -0.4 is 5.56 Å². The monoisotopic (exact) mass is 436 g/mol. The zero-order chi connectivity index (χ0) is 21.0. The van der Waals surface area contributed by atoms with E-state index in [1.807, 2.05) is 6.07 Å². The second kappa shape index (κ2) is 9.61. The van der Waals surface area contributed by atoms with E-state index in [-0.39, 0.29) is 5.56 Å². The number of piperidine rings is 2. The summed E-state index contributed by atoms with van der Waals surface area (Å²) in [6.07, 6.45) is 11.1. The Bertz CT molecular complexity index is 1030. The number of pyridine rings is 1. The fourth-order valence-corrected chi connectivity index (χ4v) is 6.13. The van der Waals surface area contributed by atoms with E-state index in [0.29, 0.717) is 0 Å². The zero-order valence-corrected chi connectivity index (χ0v) is 19.0. The molecule has 2 fully saturated rings. The van der Waals surface area contributed by atoms with Crippen LogP contribution in [0.1, 0.15) is 50.5 Å². The van der Waals surface area contributed by atoms with Crippen molar-refractivity contribution in [3.05, 3.63) is 52.3 Å². The van der Waals surface area contributed by atoms with Gasteiger partial charge < -0.3 is 14.8 Å². The minimum absolute atomic E-state index is 0.0530. The number of nitrogens with one attached hydrogen (secondary N) is 1. The van der Waals surface area contributed by atoms with E-state index < -0.39 is 0 Å². The van der Waals surface area contributed by atoms with E-state index in [1.165, 1.54) is 55.3 Å². The normalized spacial score (nSPS) is 22.0. The van der Waals surface area contributed by atoms with Crippen molar-refractivity contribution < 1.29 is 0 Å². The maximum Gasteiger partial charge on any atom is 0.248 e. The van der Waals surface area contributed by atoms with Crippen LogP contribution in [0.5, 0.6) is 0 Å². The number of hydrogen-bond acceptors (Lipinski definition) is 5. The third-order valence-electron chi connectivity index (χ3n) is 6.79. The Kier molecular flexibility index (Phi) is 6.46. The lowest BCUT2D eigenvalue weighted by Crippen LogP contribution is -2.47. The molecule has 0 aliphatic carbocycles. The first kappa shape index (κ1) is 20.8. The van der Waals surface area contributed by atoms with Crippen molar-refractivity contribution in [2.45, 2.75) is 51.0 Å². The Morgan fingerprint density at radius 2 is 1.77 bits per heavy atom. The largest absolute Gasteiger partial charge is 0.351 e. The number of aromatic nitrogens is 1. The number of rotatable bonds is 2. The molecule has 1 aromatic carbocycles. The van der Waals surface area contributed by atoms with E-state index in [1.54, 1.807) is 17.8 Å². The molecule has 5 nitrogen and oxygen atoms in total. The molecule has 0 unspecified atom stereocenters. The van der Waals surface area contributed by atoms with Gasteiger partial charge in [-0.05, 0) is 74.7 Å². The SMILES string of the molecule is O=c1ccc2ccc(C3=CCCCN=C(N4CCC(N5CCCCC5)CC4)S3)cc2[nH]1. The number of benzene rings is 1. The summed E-state index contributed by atoms with van der Waals surface area (Å²) in [5.41, 5.74) is 2.01. The molecule has 1 aromatic heterocycles. The Balaban J connectivity index is 1.30. The van der Waals surface area contributed by atoms with Crippen molar-refractivity contribution in [1.29, 1.82) is 0 Å². The molecule has 0 radical (unpaired) electrons. The quantitative estimate of drug-likeness (QED) is 0.741. The molecule has 0 amide bonds. The third kappa shape index (κ3) is 4.90. The molecule has 6 heteroatoms. The molecule has 4 heterocycles. The molecule has 0 bridgehead atoms. The topological polar surface area (TPSA) is 51.7 Å². The van der Waals surface area contributed by atoms with E-state index >= 15 is 0 Å². The van der Waals surface area contributed by atoms with Gasteiger partial charge in [0.1, 0.15) is 0 Å². The Labute approximate surface area is 188 Å². The van der Waals surface area contributed by atoms with Crippen molar-refractivity contribution in [3.63, 3.8) is 0 Å². The molecule has 3 aliphatic heterocycles.